The molecule has 1 aliphatic rings. The molecule has 2 heteroatoms. The second-order valence-electron chi connectivity index (χ2n) is 4.19. The Labute approximate surface area is 91.5 Å². The molecule has 0 unspecified atom stereocenters. The highest BCUT2D eigenvalue weighted by Gasteiger charge is 2.10. The zero-order chi connectivity index (χ0) is 10.5. The van der Waals surface area contributed by atoms with Gasteiger partial charge in [-0.15, -0.1) is 0 Å². The molecule has 15 heavy (non-hydrogen) atoms. The molecule has 0 atom stereocenters. The summed E-state index contributed by atoms with van der Waals surface area (Å²) in [6, 6.07) is 8.60. The van der Waals surface area contributed by atoms with Gasteiger partial charge >= 0.3 is 0 Å². The summed E-state index contributed by atoms with van der Waals surface area (Å²) in [6.07, 6.45) is 4.77. The number of piperidine rings is 1. The average Bonchev–Trinajstić information content (AvgIpc) is 2.32. The van der Waals surface area contributed by atoms with Gasteiger partial charge in [0.15, 0.2) is 0 Å². The highest BCUT2D eigenvalue weighted by atomic mass is 16.2. The second-order valence-corrected chi connectivity index (χ2v) is 4.19. The van der Waals surface area contributed by atoms with E-state index in [9.17, 15) is 0 Å². The van der Waals surface area contributed by atoms with Crippen molar-refractivity contribution in [3.63, 3.8) is 0 Å². The van der Waals surface area contributed by atoms with Crippen LogP contribution in [-0.4, -0.2) is 24.8 Å². The van der Waals surface area contributed by atoms with Gasteiger partial charge in [0, 0.05) is 25.4 Å². The van der Waals surface area contributed by atoms with E-state index in [4.69, 9.17) is 5.11 Å². The lowest BCUT2D eigenvalue weighted by Crippen LogP contribution is -2.29. The largest absolute Gasteiger partial charge is 0.396 e. The molecule has 1 heterocycles. The number of hydrogen-bond donors (Lipinski definition) is 1. The highest BCUT2D eigenvalue weighted by molar-refractivity contribution is 5.47. The second kappa shape index (κ2) is 5.17. The Morgan fingerprint density at radius 2 is 1.67 bits per heavy atom. The Morgan fingerprint density at radius 3 is 2.27 bits per heavy atom. The molecular formula is C13H19NO. The number of aliphatic hydroxyl groups is 1. The van der Waals surface area contributed by atoms with Crippen molar-refractivity contribution in [3.8, 4) is 0 Å². The van der Waals surface area contributed by atoms with Crippen molar-refractivity contribution in [2.75, 3.05) is 24.6 Å². The SMILES string of the molecule is OCCc1ccc(N2CCCCC2)cc1. The molecule has 2 nitrogen and oxygen atoms in total. The van der Waals surface area contributed by atoms with Crippen LogP contribution in [0.15, 0.2) is 24.3 Å². The topological polar surface area (TPSA) is 23.5 Å². The molecule has 0 aromatic heterocycles. The Bertz CT molecular complexity index is 288. The van der Waals surface area contributed by atoms with Crippen LogP contribution in [-0.2, 0) is 6.42 Å². The molecule has 0 saturated carbocycles. The quantitative estimate of drug-likeness (QED) is 0.818. The van der Waals surface area contributed by atoms with Crippen LogP contribution in [0.4, 0.5) is 5.69 Å². The Hall–Kier alpha value is -1.02. The fourth-order valence-corrected chi connectivity index (χ4v) is 2.15. The number of anilines is 1. The molecule has 1 aliphatic heterocycles. The van der Waals surface area contributed by atoms with Gasteiger partial charge < -0.3 is 10.0 Å². The predicted octanol–water partition coefficient (Wildman–Crippen LogP) is 2.21. The van der Waals surface area contributed by atoms with Gasteiger partial charge in [0.1, 0.15) is 0 Å². The lowest BCUT2D eigenvalue weighted by atomic mass is 10.1. The van der Waals surface area contributed by atoms with Crippen molar-refractivity contribution in [3.05, 3.63) is 29.8 Å². The van der Waals surface area contributed by atoms with Crippen LogP contribution in [0.5, 0.6) is 0 Å². The van der Waals surface area contributed by atoms with Gasteiger partial charge in [-0.1, -0.05) is 12.1 Å². The molecule has 1 fully saturated rings. The third-order valence-corrected chi connectivity index (χ3v) is 3.06. The van der Waals surface area contributed by atoms with Gasteiger partial charge in [-0.3, -0.25) is 0 Å². The molecule has 1 aromatic rings. The van der Waals surface area contributed by atoms with E-state index in [1.807, 2.05) is 0 Å². The van der Waals surface area contributed by atoms with E-state index in [-0.39, 0.29) is 6.61 Å². The number of benzene rings is 1. The molecule has 1 saturated heterocycles. The molecule has 1 aromatic carbocycles. The van der Waals surface area contributed by atoms with Crippen LogP contribution in [0.2, 0.25) is 0 Å². The van der Waals surface area contributed by atoms with E-state index < -0.39 is 0 Å². The summed E-state index contributed by atoms with van der Waals surface area (Å²) in [5.74, 6) is 0. The van der Waals surface area contributed by atoms with E-state index in [1.165, 1.54) is 43.6 Å². The normalized spacial score (nSPS) is 16.7. The van der Waals surface area contributed by atoms with Gasteiger partial charge in [-0.2, -0.15) is 0 Å². The van der Waals surface area contributed by atoms with Crippen LogP contribution in [0.1, 0.15) is 24.8 Å². The van der Waals surface area contributed by atoms with E-state index in [0.29, 0.717) is 0 Å². The zero-order valence-electron chi connectivity index (χ0n) is 9.15. The summed E-state index contributed by atoms with van der Waals surface area (Å²) in [6.45, 7) is 2.63. The number of hydrogen-bond acceptors (Lipinski definition) is 2. The fourth-order valence-electron chi connectivity index (χ4n) is 2.15. The lowest BCUT2D eigenvalue weighted by molar-refractivity contribution is 0.299. The van der Waals surface area contributed by atoms with E-state index in [0.717, 1.165) is 6.42 Å². The number of rotatable bonds is 3. The van der Waals surface area contributed by atoms with Gasteiger partial charge in [0.25, 0.3) is 0 Å². The molecule has 0 amide bonds. The van der Waals surface area contributed by atoms with Crippen molar-refractivity contribution in [2.45, 2.75) is 25.7 Å². The zero-order valence-corrected chi connectivity index (χ0v) is 9.15. The first-order valence-electron chi connectivity index (χ1n) is 5.85. The van der Waals surface area contributed by atoms with Crippen molar-refractivity contribution < 1.29 is 5.11 Å². The molecule has 82 valence electrons. The maximum atomic E-state index is 8.83. The van der Waals surface area contributed by atoms with Crippen molar-refractivity contribution in [1.82, 2.24) is 0 Å². The van der Waals surface area contributed by atoms with Crippen LogP contribution in [0.25, 0.3) is 0 Å². The van der Waals surface area contributed by atoms with E-state index >= 15 is 0 Å². The lowest BCUT2D eigenvalue weighted by Gasteiger charge is -2.28. The van der Waals surface area contributed by atoms with Crippen molar-refractivity contribution in [2.24, 2.45) is 0 Å². The minimum Gasteiger partial charge on any atom is -0.396 e. The van der Waals surface area contributed by atoms with Crippen LogP contribution < -0.4 is 4.90 Å². The Morgan fingerprint density at radius 1 is 1.00 bits per heavy atom. The molecule has 0 bridgehead atoms. The minimum absolute atomic E-state index is 0.239. The van der Waals surface area contributed by atoms with Gasteiger partial charge in [-0.05, 0) is 43.4 Å². The minimum atomic E-state index is 0.239. The molecule has 0 aliphatic carbocycles. The van der Waals surface area contributed by atoms with E-state index in [1.54, 1.807) is 0 Å². The molecule has 0 radical (unpaired) electrons. The van der Waals surface area contributed by atoms with Crippen LogP contribution in [0.3, 0.4) is 0 Å². The Kier molecular flexibility index (Phi) is 3.62. The summed E-state index contributed by atoms with van der Waals surface area (Å²) in [5, 5.41) is 8.83. The predicted molar refractivity (Wildman–Crippen MR) is 63.3 cm³/mol. The van der Waals surface area contributed by atoms with Crippen molar-refractivity contribution in [1.29, 1.82) is 0 Å². The first-order valence-corrected chi connectivity index (χ1v) is 5.85. The Balaban J connectivity index is 2.02. The average molecular weight is 205 g/mol. The maximum Gasteiger partial charge on any atom is 0.0471 e. The number of aliphatic hydroxyl groups excluding tert-OH is 1. The third-order valence-electron chi connectivity index (χ3n) is 3.06. The fraction of sp³-hybridized carbons (Fsp3) is 0.538. The van der Waals surface area contributed by atoms with Crippen molar-refractivity contribution >= 4 is 5.69 Å². The van der Waals surface area contributed by atoms with Gasteiger partial charge in [0.05, 0.1) is 0 Å². The standard InChI is InChI=1S/C13H19NO/c15-11-8-12-4-6-13(7-5-12)14-9-2-1-3-10-14/h4-7,15H,1-3,8-11H2. The smallest absolute Gasteiger partial charge is 0.0471 e. The summed E-state index contributed by atoms with van der Waals surface area (Å²) in [7, 11) is 0. The monoisotopic (exact) mass is 205 g/mol. The summed E-state index contributed by atoms with van der Waals surface area (Å²) in [4.78, 5) is 2.45. The number of nitrogens with zero attached hydrogens (tertiary/aromatic N) is 1. The first kappa shape index (κ1) is 10.5. The van der Waals surface area contributed by atoms with Gasteiger partial charge in [0.2, 0.25) is 0 Å². The van der Waals surface area contributed by atoms with Gasteiger partial charge in [-0.25, -0.2) is 0 Å². The molecule has 0 spiro atoms. The molecule has 2 rings (SSSR count). The molecule has 1 N–H and O–H groups in total. The third kappa shape index (κ3) is 2.72. The summed E-state index contributed by atoms with van der Waals surface area (Å²) < 4.78 is 0. The van der Waals surface area contributed by atoms with Crippen LogP contribution in [0, 0.1) is 0 Å². The van der Waals surface area contributed by atoms with E-state index in [2.05, 4.69) is 29.2 Å². The first-order chi connectivity index (χ1) is 7.40. The summed E-state index contributed by atoms with van der Waals surface area (Å²) >= 11 is 0. The highest BCUT2D eigenvalue weighted by Crippen LogP contribution is 2.20. The molecular weight excluding hydrogens is 186 g/mol. The maximum absolute atomic E-state index is 8.83. The summed E-state index contributed by atoms with van der Waals surface area (Å²) in [5.41, 5.74) is 2.55. The van der Waals surface area contributed by atoms with Crippen LogP contribution >= 0.6 is 0 Å².